The van der Waals surface area contributed by atoms with Gasteiger partial charge in [0.1, 0.15) is 0 Å². The predicted molar refractivity (Wildman–Crippen MR) is 80.7 cm³/mol. The van der Waals surface area contributed by atoms with Gasteiger partial charge in [0, 0.05) is 12.6 Å². The van der Waals surface area contributed by atoms with E-state index < -0.39 is 0 Å². The second-order valence-electron chi connectivity index (χ2n) is 5.85. The van der Waals surface area contributed by atoms with Crippen molar-refractivity contribution in [1.29, 1.82) is 0 Å². The van der Waals surface area contributed by atoms with E-state index in [-0.39, 0.29) is 23.9 Å². The Balaban J connectivity index is 1.91. The molecule has 2 aliphatic rings. The van der Waals surface area contributed by atoms with E-state index >= 15 is 0 Å². The van der Waals surface area contributed by atoms with Crippen molar-refractivity contribution in [2.24, 2.45) is 11.7 Å². The number of carbonyl (C=O) groups is 2. The Morgan fingerprint density at radius 2 is 2.00 bits per heavy atom. The number of nitrogens with one attached hydrogen (secondary N) is 1. The van der Waals surface area contributed by atoms with Gasteiger partial charge in [-0.05, 0) is 30.5 Å². The average molecular weight is 287 g/mol. The summed E-state index contributed by atoms with van der Waals surface area (Å²) in [5.74, 6) is -0.161. The van der Waals surface area contributed by atoms with Crippen LogP contribution >= 0.6 is 0 Å². The van der Waals surface area contributed by atoms with Gasteiger partial charge in [-0.2, -0.15) is 0 Å². The second-order valence-corrected chi connectivity index (χ2v) is 5.85. The molecule has 2 fully saturated rings. The molecule has 1 saturated carbocycles. The summed E-state index contributed by atoms with van der Waals surface area (Å²) in [4.78, 5) is 26.4. The molecule has 112 valence electrons. The molecule has 1 aromatic carbocycles. The van der Waals surface area contributed by atoms with Crippen molar-refractivity contribution >= 4 is 17.6 Å². The molecule has 0 aromatic heterocycles. The van der Waals surface area contributed by atoms with Crippen LogP contribution in [0.3, 0.4) is 0 Å². The van der Waals surface area contributed by atoms with Crippen molar-refractivity contribution in [2.75, 3.05) is 4.90 Å². The third-order valence-electron chi connectivity index (χ3n) is 4.47. The van der Waals surface area contributed by atoms with Gasteiger partial charge in [-0.25, -0.2) is 9.69 Å². The van der Waals surface area contributed by atoms with E-state index in [2.05, 4.69) is 5.32 Å². The van der Waals surface area contributed by atoms with Crippen molar-refractivity contribution in [2.45, 2.75) is 44.7 Å². The van der Waals surface area contributed by atoms with Crippen LogP contribution in [0.1, 0.15) is 37.7 Å². The zero-order chi connectivity index (χ0) is 14.8. The number of anilines is 1. The molecule has 3 rings (SSSR count). The smallest absolute Gasteiger partial charge is 0.328 e. The summed E-state index contributed by atoms with van der Waals surface area (Å²) in [6.45, 7) is 0.392. The molecular formula is C16H21N3O2. The Morgan fingerprint density at radius 3 is 2.81 bits per heavy atom. The van der Waals surface area contributed by atoms with Gasteiger partial charge in [0.15, 0.2) is 0 Å². The van der Waals surface area contributed by atoms with Crippen molar-refractivity contribution in [3.8, 4) is 0 Å². The zero-order valence-corrected chi connectivity index (χ0v) is 12.0. The summed E-state index contributed by atoms with van der Waals surface area (Å²) < 4.78 is 0. The maximum absolute atomic E-state index is 12.8. The lowest BCUT2D eigenvalue weighted by molar-refractivity contribution is -0.123. The number of nitrogens with two attached hydrogens (primary N) is 1. The number of carbonyl (C=O) groups excluding carboxylic acids is 2. The number of imide groups is 1. The highest BCUT2D eigenvalue weighted by molar-refractivity contribution is 6.17. The van der Waals surface area contributed by atoms with E-state index in [1.165, 1.54) is 4.90 Å². The van der Waals surface area contributed by atoms with Gasteiger partial charge in [-0.1, -0.05) is 31.4 Å². The van der Waals surface area contributed by atoms with Gasteiger partial charge in [0.25, 0.3) is 0 Å². The van der Waals surface area contributed by atoms with Crippen LogP contribution in [0, 0.1) is 5.92 Å². The first kappa shape index (κ1) is 14.1. The summed E-state index contributed by atoms with van der Waals surface area (Å²) in [6, 6.07) is 7.02. The average Bonchev–Trinajstić information content (AvgIpc) is 2.73. The fourth-order valence-electron chi connectivity index (χ4n) is 3.33. The zero-order valence-electron chi connectivity index (χ0n) is 12.0. The number of rotatable bonds is 2. The SMILES string of the molecule is NCc1cccc(N2C(=O)NC3CCCCCC3C2=O)c1. The monoisotopic (exact) mass is 287 g/mol. The Labute approximate surface area is 124 Å². The molecule has 3 N–H and O–H groups in total. The van der Waals surface area contributed by atoms with E-state index in [4.69, 9.17) is 5.73 Å². The first-order chi connectivity index (χ1) is 10.2. The van der Waals surface area contributed by atoms with Crippen LogP contribution in [-0.4, -0.2) is 18.0 Å². The quantitative estimate of drug-likeness (QED) is 0.875. The van der Waals surface area contributed by atoms with Gasteiger partial charge in [-0.15, -0.1) is 0 Å². The van der Waals surface area contributed by atoms with Crippen LogP contribution in [0.15, 0.2) is 24.3 Å². The molecule has 1 aliphatic heterocycles. The summed E-state index contributed by atoms with van der Waals surface area (Å²) in [7, 11) is 0. The lowest BCUT2D eigenvalue weighted by Crippen LogP contribution is -2.60. The minimum atomic E-state index is -0.308. The number of urea groups is 1. The van der Waals surface area contributed by atoms with E-state index in [1.807, 2.05) is 18.2 Å². The minimum absolute atomic E-state index is 0.00133. The van der Waals surface area contributed by atoms with Crippen LogP contribution in [-0.2, 0) is 11.3 Å². The van der Waals surface area contributed by atoms with E-state index in [1.54, 1.807) is 6.07 Å². The fraction of sp³-hybridized carbons (Fsp3) is 0.500. The Morgan fingerprint density at radius 1 is 1.19 bits per heavy atom. The molecule has 0 spiro atoms. The third kappa shape index (κ3) is 2.65. The number of benzene rings is 1. The van der Waals surface area contributed by atoms with Crippen molar-refractivity contribution in [3.05, 3.63) is 29.8 Å². The van der Waals surface area contributed by atoms with Gasteiger partial charge >= 0.3 is 6.03 Å². The molecule has 21 heavy (non-hydrogen) atoms. The van der Waals surface area contributed by atoms with Gasteiger partial charge in [-0.3, -0.25) is 4.79 Å². The summed E-state index contributed by atoms with van der Waals surface area (Å²) in [5.41, 5.74) is 7.17. The van der Waals surface area contributed by atoms with Crippen LogP contribution in [0.2, 0.25) is 0 Å². The topological polar surface area (TPSA) is 75.4 Å². The highest BCUT2D eigenvalue weighted by Gasteiger charge is 2.41. The first-order valence-corrected chi connectivity index (χ1v) is 7.64. The van der Waals surface area contributed by atoms with Crippen molar-refractivity contribution in [3.63, 3.8) is 0 Å². The van der Waals surface area contributed by atoms with Gasteiger partial charge in [0.2, 0.25) is 5.91 Å². The highest BCUT2D eigenvalue weighted by atomic mass is 16.2. The number of hydrogen-bond acceptors (Lipinski definition) is 3. The van der Waals surface area contributed by atoms with Crippen LogP contribution in [0.4, 0.5) is 10.5 Å². The van der Waals surface area contributed by atoms with Crippen LogP contribution in [0.5, 0.6) is 0 Å². The largest absolute Gasteiger partial charge is 0.334 e. The summed E-state index contributed by atoms with van der Waals surface area (Å²) in [6.07, 6.45) is 5.03. The molecule has 5 heteroatoms. The molecule has 1 heterocycles. The molecule has 1 aromatic rings. The lowest BCUT2D eigenvalue weighted by Gasteiger charge is -2.36. The number of fused-ring (bicyclic) bond motifs is 1. The minimum Gasteiger partial charge on any atom is -0.334 e. The molecule has 2 unspecified atom stereocenters. The number of amides is 3. The predicted octanol–water partition coefficient (Wildman–Crippen LogP) is 2.15. The van der Waals surface area contributed by atoms with Gasteiger partial charge in [0.05, 0.1) is 11.6 Å². The Bertz CT molecular complexity index is 558. The highest BCUT2D eigenvalue weighted by Crippen LogP contribution is 2.31. The standard InChI is InChI=1S/C16H21N3O2/c17-10-11-5-4-6-12(9-11)19-15(20)13-7-2-1-3-8-14(13)18-16(19)21/h4-6,9,13-14H,1-3,7-8,10,17H2,(H,18,21). The first-order valence-electron chi connectivity index (χ1n) is 7.64. The lowest BCUT2D eigenvalue weighted by atomic mass is 9.91. The van der Waals surface area contributed by atoms with Crippen LogP contribution in [0.25, 0.3) is 0 Å². The number of nitrogens with zero attached hydrogens (tertiary/aromatic N) is 1. The third-order valence-corrected chi connectivity index (χ3v) is 4.47. The van der Waals surface area contributed by atoms with Crippen molar-refractivity contribution in [1.82, 2.24) is 5.32 Å². The van der Waals surface area contributed by atoms with Crippen LogP contribution < -0.4 is 16.0 Å². The summed E-state index contributed by atoms with van der Waals surface area (Å²) >= 11 is 0. The summed E-state index contributed by atoms with van der Waals surface area (Å²) in [5, 5.41) is 3.01. The molecule has 3 amide bonds. The molecule has 0 radical (unpaired) electrons. The fourth-order valence-corrected chi connectivity index (χ4v) is 3.33. The van der Waals surface area contributed by atoms with E-state index in [0.29, 0.717) is 12.2 Å². The molecular weight excluding hydrogens is 266 g/mol. The molecule has 5 nitrogen and oxygen atoms in total. The Kier molecular flexibility index (Phi) is 3.92. The maximum atomic E-state index is 12.8. The molecule has 1 saturated heterocycles. The molecule has 1 aliphatic carbocycles. The number of hydrogen-bond donors (Lipinski definition) is 2. The molecule has 2 atom stereocenters. The maximum Gasteiger partial charge on any atom is 0.328 e. The van der Waals surface area contributed by atoms with Gasteiger partial charge < -0.3 is 11.1 Å². The normalized spacial score (nSPS) is 26.0. The Hall–Kier alpha value is -1.88. The molecule has 0 bridgehead atoms. The van der Waals surface area contributed by atoms with Crippen molar-refractivity contribution < 1.29 is 9.59 Å². The van der Waals surface area contributed by atoms with E-state index in [0.717, 1.165) is 37.7 Å². The van der Waals surface area contributed by atoms with E-state index in [9.17, 15) is 9.59 Å². The second kappa shape index (κ2) is 5.85.